The van der Waals surface area contributed by atoms with E-state index in [-0.39, 0.29) is 18.2 Å². The summed E-state index contributed by atoms with van der Waals surface area (Å²) in [4.78, 5) is 29.1. The first-order valence-electron chi connectivity index (χ1n) is 8.94. The lowest BCUT2D eigenvalue weighted by atomic mass is 9.96. The van der Waals surface area contributed by atoms with E-state index in [2.05, 4.69) is 31.5 Å². The van der Waals surface area contributed by atoms with Gasteiger partial charge < -0.3 is 24.1 Å². The number of carbonyl (C=O) groups is 2. The Labute approximate surface area is 177 Å². The van der Waals surface area contributed by atoms with Crippen LogP contribution in [0, 0.1) is 0 Å². The molecule has 4 heterocycles. The van der Waals surface area contributed by atoms with Crippen LogP contribution < -0.4 is 15.4 Å². The molecule has 5 rings (SSSR count). The number of rotatable bonds is 4. The van der Waals surface area contributed by atoms with Crippen molar-refractivity contribution in [1.82, 2.24) is 20.2 Å². The van der Waals surface area contributed by atoms with Crippen LogP contribution in [0.2, 0.25) is 0 Å². The van der Waals surface area contributed by atoms with Gasteiger partial charge in [-0.05, 0) is 46.3 Å². The van der Waals surface area contributed by atoms with E-state index in [1.54, 1.807) is 42.7 Å². The number of urea groups is 1. The average molecular weight is 471 g/mol. The summed E-state index contributed by atoms with van der Waals surface area (Å²) in [5.41, 5.74) is -1.23. The molecule has 152 valence electrons. The van der Waals surface area contributed by atoms with E-state index in [0.29, 0.717) is 22.2 Å². The summed E-state index contributed by atoms with van der Waals surface area (Å²) in [5.74, 6) is 0.155. The normalized spacial score (nSPS) is 18.7. The highest BCUT2D eigenvalue weighted by molar-refractivity contribution is 9.10. The molecule has 1 aromatic carbocycles. The molecule has 10 heteroatoms. The number of fused-ring (bicyclic) bond motifs is 2. The summed E-state index contributed by atoms with van der Waals surface area (Å²) < 4.78 is 13.3. The quantitative estimate of drug-likeness (QED) is 0.394. The topological polar surface area (TPSA) is 119 Å². The van der Waals surface area contributed by atoms with E-state index in [9.17, 15) is 14.7 Å². The second-order valence-electron chi connectivity index (χ2n) is 7.01. The van der Waals surface area contributed by atoms with E-state index in [0.717, 1.165) is 9.86 Å². The van der Waals surface area contributed by atoms with Gasteiger partial charge in [-0.3, -0.25) is 10.1 Å². The van der Waals surface area contributed by atoms with Crippen molar-refractivity contribution in [2.75, 3.05) is 7.11 Å². The Kier molecular flexibility index (Phi) is 4.00. The Hall–Kier alpha value is -3.53. The lowest BCUT2D eigenvalue weighted by Gasteiger charge is -2.24. The van der Waals surface area contributed by atoms with Crippen molar-refractivity contribution in [3.05, 3.63) is 53.0 Å². The number of halogens is 1. The average Bonchev–Trinajstić information content (AvgIpc) is 3.36. The van der Waals surface area contributed by atoms with E-state index in [4.69, 9.17) is 9.15 Å². The highest BCUT2D eigenvalue weighted by Gasteiger charge is 2.51. The molecule has 0 bridgehead atoms. The maximum absolute atomic E-state index is 12.9. The molecule has 1 atom stereocenters. The highest BCUT2D eigenvalue weighted by atomic mass is 79.9. The summed E-state index contributed by atoms with van der Waals surface area (Å²) in [5, 5.41) is 17.7. The number of nitrogens with one attached hydrogen (secondary N) is 2. The zero-order chi connectivity index (χ0) is 21.0. The minimum Gasteiger partial charge on any atom is -0.497 e. The Balaban J connectivity index is 1.65. The predicted molar refractivity (Wildman–Crippen MR) is 110 cm³/mol. The van der Waals surface area contributed by atoms with Crippen LogP contribution in [0.3, 0.4) is 0 Å². The number of imide groups is 1. The van der Waals surface area contributed by atoms with Crippen LogP contribution >= 0.6 is 15.9 Å². The van der Waals surface area contributed by atoms with E-state index in [1.807, 2.05) is 0 Å². The largest absolute Gasteiger partial charge is 0.497 e. The monoisotopic (exact) mass is 470 g/mol. The molecule has 0 spiro atoms. The molecule has 0 aliphatic carbocycles. The number of amides is 3. The van der Waals surface area contributed by atoms with Gasteiger partial charge in [0, 0.05) is 33.0 Å². The SMILES string of the molecule is COc1ccc2cn(C[C@@]3(c4cc5cc(Br)cnc5o4)NC(=O)NC3=O)c(O)c2c1. The number of aromatic hydroxyl groups is 1. The third-order valence-electron chi connectivity index (χ3n) is 5.18. The van der Waals surface area contributed by atoms with Gasteiger partial charge in [-0.25, -0.2) is 9.78 Å². The lowest BCUT2D eigenvalue weighted by molar-refractivity contribution is -0.125. The first-order valence-corrected chi connectivity index (χ1v) is 9.74. The maximum atomic E-state index is 12.9. The van der Waals surface area contributed by atoms with Crippen LogP contribution in [-0.4, -0.2) is 33.7 Å². The molecule has 3 aromatic heterocycles. The second kappa shape index (κ2) is 6.49. The van der Waals surface area contributed by atoms with Crippen molar-refractivity contribution < 1.29 is 23.8 Å². The van der Waals surface area contributed by atoms with Gasteiger partial charge in [0.15, 0.2) is 11.4 Å². The van der Waals surface area contributed by atoms with Crippen LogP contribution in [-0.2, 0) is 16.9 Å². The molecule has 0 saturated carbocycles. The molecule has 30 heavy (non-hydrogen) atoms. The smallest absolute Gasteiger partial charge is 0.322 e. The van der Waals surface area contributed by atoms with Gasteiger partial charge in [0.25, 0.3) is 5.91 Å². The van der Waals surface area contributed by atoms with Crippen molar-refractivity contribution in [1.29, 1.82) is 0 Å². The number of benzene rings is 1. The van der Waals surface area contributed by atoms with Crippen LogP contribution in [0.4, 0.5) is 4.79 Å². The highest BCUT2D eigenvalue weighted by Crippen LogP contribution is 2.36. The predicted octanol–water partition coefficient (Wildman–Crippen LogP) is 2.99. The Bertz CT molecular complexity index is 1340. The van der Waals surface area contributed by atoms with Crippen molar-refractivity contribution in [3.8, 4) is 11.6 Å². The molecule has 0 radical (unpaired) electrons. The van der Waals surface area contributed by atoms with E-state index >= 15 is 0 Å². The molecule has 0 unspecified atom stereocenters. The molecular weight excluding hydrogens is 456 g/mol. The van der Waals surface area contributed by atoms with Crippen LogP contribution in [0.1, 0.15) is 5.76 Å². The van der Waals surface area contributed by atoms with Gasteiger partial charge in [0.1, 0.15) is 11.5 Å². The first kappa shape index (κ1) is 18.5. The van der Waals surface area contributed by atoms with Gasteiger partial charge in [0.2, 0.25) is 5.71 Å². The minimum atomic E-state index is -1.55. The number of hydrogen-bond acceptors (Lipinski definition) is 6. The van der Waals surface area contributed by atoms with E-state index in [1.165, 1.54) is 11.7 Å². The standard InChI is InChI=1S/C20H15BrN4O5/c1-29-13-3-2-10-8-25(17(26)14(10)6-13)9-20(18(27)23-19(28)24-20)15-5-11-4-12(21)7-22-16(11)30-15/h2-8,26H,9H2,1H3,(H2,23,24,27,28)/t20-/m0/s1. The van der Waals surface area contributed by atoms with Crippen molar-refractivity contribution in [3.63, 3.8) is 0 Å². The summed E-state index contributed by atoms with van der Waals surface area (Å²) in [6, 6.07) is 8.07. The molecule has 9 nitrogen and oxygen atoms in total. The fraction of sp³-hybridized carbons (Fsp3) is 0.150. The van der Waals surface area contributed by atoms with Crippen LogP contribution in [0.15, 0.2) is 51.6 Å². The number of carbonyl (C=O) groups excluding carboxylic acids is 2. The van der Waals surface area contributed by atoms with Crippen molar-refractivity contribution in [2.24, 2.45) is 0 Å². The third-order valence-corrected chi connectivity index (χ3v) is 5.61. The number of pyridine rings is 1. The molecule has 1 aliphatic rings. The number of hydrogen-bond donors (Lipinski definition) is 3. The zero-order valence-electron chi connectivity index (χ0n) is 15.6. The first-order chi connectivity index (χ1) is 14.4. The number of nitrogens with zero attached hydrogens (tertiary/aromatic N) is 2. The molecule has 4 aromatic rings. The fourth-order valence-electron chi connectivity index (χ4n) is 3.70. The van der Waals surface area contributed by atoms with Gasteiger partial charge in [0.05, 0.1) is 13.7 Å². The number of aromatic nitrogens is 2. The van der Waals surface area contributed by atoms with Gasteiger partial charge in [-0.2, -0.15) is 0 Å². The number of ether oxygens (including phenoxy) is 1. The molecular formula is C20H15BrN4O5. The summed E-state index contributed by atoms with van der Waals surface area (Å²) in [7, 11) is 1.54. The molecule has 1 aliphatic heterocycles. The summed E-state index contributed by atoms with van der Waals surface area (Å²) in [6.07, 6.45) is 3.27. The Morgan fingerprint density at radius 3 is 2.83 bits per heavy atom. The van der Waals surface area contributed by atoms with Crippen LogP contribution in [0.5, 0.6) is 11.6 Å². The number of methoxy groups -OCH3 is 1. The zero-order valence-corrected chi connectivity index (χ0v) is 17.2. The molecule has 1 saturated heterocycles. The Morgan fingerprint density at radius 1 is 1.27 bits per heavy atom. The van der Waals surface area contributed by atoms with Crippen molar-refractivity contribution in [2.45, 2.75) is 12.1 Å². The Morgan fingerprint density at radius 2 is 2.10 bits per heavy atom. The molecule has 1 fully saturated rings. The van der Waals surface area contributed by atoms with Gasteiger partial charge in [-0.15, -0.1) is 0 Å². The van der Waals surface area contributed by atoms with Gasteiger partial charge >= 0.3 is 6.03 Å². The second-order valence-corrected chi connectivity index (χ2v) is 7.92. The minimum absolute atomic E-state index is 0.0609. The van der Waals surface area contributed by atoms with Crippen LogP contribution in [0.25, 0.3) is 21.9 Å². The maximum Gasteiger partial charge on any atom is 0.322 e. The summed E-state index contributed by atoms with van der Waals surface area (Å²) in [6.45, 7) is -0.0889. The summed E-state index contributed by atoms with van der Waals surface area (Å²) >= 11 is 3.35. The third kappa shape index (κ3) is 2.71. The molecule has 3 amide bonds. The van der Waals surface area contributed by atoms with E-state index < -0.39 is 17.5 Å². The number of furan rings is 1. The van der Waals surface area contributed by atoms with Crippen molar-refractivity contribution >= 4 is 49.7 Å². The van der Waals surface area contributed by atoms with Gasteiger partial charge in [-0.1, -0.05) is 0 Å². The molecule has 3 N–H and O–H groups in total. The fourth-order valence-corrected chi connectivity index (χ4v) is 4.05. The lowest BCUT2D eigenvalue weighted by Crippen LogP contribution is -2.47.